The monoisotopic (exact) mass is 142 g/mol. The Morgan fingerprint density at radius 1 is 1.60 bits per heavy atom. The minimum Gasteiger partial charge on any atom is -0.306 e. The molecule has 10 heavy (non-hydrogen) atoms. The van der Waals surface area contributed by atoms with Gasteiger partial charge in [0.1, 0.15) is 6.33 Å². The number of nitrogens with one attached hydrogen (secondary N) is 1. The summed E-state index contributed by atoms with van der Waals surface area (Å²) in [7, 11) is 0. The fourth-order valence-electron chi connectivity index (χ4n) is 0.559. The Morgan fingerprint density at radius 2 is 2.30 bits per heavy atom. The van der Waals surface area contributed by atoms with Gasteiger partial charge in [0, 0.05) is 0 Å². The SMILES string of the molecule is Cc1ncnc(NN)c1F. The number of aromatic nitrogens is 2. The van der Waals surface area contributed by atoms with Gasteiger partial charge in [-0.1, -0.05) is 0 Å². The maximum Gasteiger partial charge on any atom is 0.187 e. The predicted octanol–water partition coefficient (Wildman–Crippen LogP) is 0.210. The lowest BCUT2D eigenvalue weighted by atomic mass is 10.4. The maximum atomic E-state index is 12.7. The summed E-state index contributed by atoms with van der Waals surface area (Å²) >= 11 is 0. The van der Waals surface area contributed by atoms with Crippen LogP contribution in [-0.4, -0.2) is 9.97 Å². The molecular formula is C5H7FN4. The molecule has 3 N–H and O–H groups in total. The van der Waals surface area contributed by atoms with Crippen LogP contribution in [-0.2, 0) is 0 Å². The minimum atomic E-state index is -0.509. The third-order valence-corrected chi connectivity index (χ3v) is 1.10. The van der Waals surface area contributed by atoms with Crippen LogP contribution in [0.25, 0.3) is 0 Å². The van der Waals surface area contributed by atoms with E-state index in [4.69, 9.17) is 5.84 Å². The number of hydrogen-bond acceptors (Lipinski definition) is 4. The molecule has 0 fully saturated rings. The highest BCUT2D eigenvalue weighted by Gasteiger charge is 2.03. The van der Waals surface area contributed by atoms with Crippen molar-refractivity contribution in [3.63, 3.8) is 0 Å². The fourth-order valence-corrected chi connectivity index (χ4v) is 0.559. The van der Waals surface area contributed by atoms with Crippen LogP contribution in [0.5, 0.6) is 0 Å². The van der Waals surface area contributed by atoms with E-state index < -0.39 is 5.82 Å². The zero-order chi connectivity index (χ0) is 7.56. The quantitative estimate of drug-likeness (QED) is 0.434. The fraction of sp³-hybridized carbons (Fsp3) is 0.200. The van der Waals surface area contributed by atoms with E-state index in [1.807, 2.05) is 0 Å². The molecule has 4 nitrogen and oxygen atoms in total. The van der Waals surface area contributed by atoms with Gasteiger partial charge in [-0.15, -0.1) is 0 Å². The molecule has 5 heteroatoms. The molecule has 0 aliphatic rings. The third kappa shape index (κ3) is 1.03. The number of nitrogens with zero attached hydrogens (tertiary/aromatic N) is 2. The van der Waals surface area contributed by atoms with Crippen LogP contribution in [0, 0.1) is 12.7 Å². The van der Waals surface area contributed by atoms with Gasteiger partial charge in [0.05, 0.1) is 5.69 Å². The minimum absolute atomic E-state index is 0.0208. The standard InChI is InChI=1S/C5H7FN4/c1-3-4(6)5(10-7)9-2-8-3/h2H,7H2,1H3,(H,8,9,10). The van der Waals surface area contributed by atoms with E-state index >= 15 is 0 Å². The predicted molar refractivity (Wildman–Crippen MR) is 34.5 cm³/mol. The van der Waals surface area contributed by atoms with E-state index in [0.29, 0.717) is 0 Å². The topological polar surface area (TPSA) is 63.8 Å². The Morgan fingerprint density at radius 3 is 2.80 bits per heavy atom. The molecule has 0 atom stereocenters. The highest BCUT2D eigenvalue weighted by atomic mass is 19.1. The molecule has 0 aromatic carbocycles. The van der Waals surface area contributed by atoms with Gasteiger partial charge in [-0.2, -0.15) is 0 Å². The number of aryl methyl sites for hydroxylation is 1. The number of rotatable bonds is 1. The highest BCUT2D eigenvalue weighted by molar-refractivity contribution is 5.34. The molecule has 0 unspecified atom stereocenters. The van der Waals surface area contributed by atoms with Crippen LogP contribution in [0.4, 0.5) is 10.2 Å². The average molecular weight is 142 g/mol. The molecule has 54 valence electrons. The number of nitrogen functional groups attached to an aromatic ring is 1. The van der Waals surface area contributed by atoms with E-state index in [0.717, 1.165) is 0 Å². The van der Waals surface area contributed by atoms with Crippen molar-refractivity contribution in [2.75, 3.05) is 5.43 Å². The zero-order valence-electron chi connectivity index (χ0n) is 5.43. The van der Waals surface area contributed by atoms with Gasteiger partial charge in [0.15, 0.2) is 11.6 Å². The Bertz CT molecular complexity index is 237. The van der Waals surface area contributed by atoms with Crippen molar-refractivity contribution in [2.24, 2.45) is 5.84 Å². The largest absolute Gasteiger partial charge is 0.306 e. The Balaban J connectivity index is 3.14. The summed E-state index contributed by atoms with van der Waals surface area (Å²) < 4.78 is 12.7. The normalized spacial score (nSPS) is 9.50. The molecule has 0 aliphatic carbocycles. The molecule has 1 rings (SSSR count). The van der Waals surface area contributed by atoms with Gasteiger partial charge < -0.3 is 5.43 Å². The van der Waals surface area contributed by atoms with E-state index in [1.165, 1.54) is 13.3 Å². The van der Waals surface area contributed by atoms with Crippen molar-refractivity contribution in [3.05, 3.63) is 17.8 Å². The lowest BCUT2D eigenvalue weighted by Gasteiger charge is -1.99. The number of anilines is 1. The van der Waals surface area contributed by atoms with Crippen molar-refractivity contribution in [2.45, 2.75) is 6.92 Å². The molecule has 0 saturated carbocycles. The van der Waals surface area contributed by atoms with Crippen LogP contribution < -0.4 is 11.3 Å². The molecule has 0 saturated heterocycles. The summed E-state index contributed by atoms with van der Waals surface area (Å²) in [6.45, 7) is 1.54. The zero-order valence-corrected chi connectivity index (χ0v) is 5.43. The molecule has 0 spiro atoms. The van der Waals surface area contributed by atoms with Crippen molar-refractivity contribution >= 4 is 5.82 Å². The van der Waals surface area contributed by atoms with Crippen molar-refractivity contribution in [1.29, 1.82) is 0 Å². The van der Waals surface area contributed by atoms with Gasteiger partial charge in [0.25, 0.3) is 0 Å². The summed E-state index contributed by atoms with van der Waals surface area (Å²) in [4.78, 5) is 7.14. The second-order valence-electron chi connectivity index (χ2n) is 1.77. The summed E-state index contributed by atoms with van der Waals surface area (Å²) in [5.74, 6) is 4.45. The number of halogens is 1. The van der Waals surface area contributed by atoms with Gasteiger partial charge in [0.2, 0.25) is 0 Å². The Labute approximate surface area is 57.3 Å². The van der Waals surface area contributed by atoms with Crippen LogP contribution in [0.15, 0.2) is 6.33 Å². The lowest BCUT2D eigenvalue weighted by molar-refractivity contribution is 0.605. The summed E-state index contributed by atoms with van der Waals surface area (Å²) in [5.41, 5.74) is 2.39. The maximum absolute atomic E-state index is 12.7. The van der Waals surface area contributed by atoms with Crippen LogP contribution in [0.2, 0.25) is 0 Å². The summed E-state index contributed by atoms with van der Waals surface area (Å²) in [6, 6.07) is 0. The Hall–Kier alpha value is -1.23. The first-order valence-electron chi connectivity index (χ1n) is 2.69. The van der Waals surface area contributed by atoms with Crippen molar-refractivity contribution < 1.29 is 4.39 Å². The number of nitrogens with two attached hydrogens (primary N) is 1. The molecule has 0 amide bonds. The smallest absolute Gasteiger partial charge is 0.187 e. The van der Waals surface area contributed by atoms with Crippen LogP contribution >= 0.6 is 0 Å². The third-order valence-electron chi connectivity index (χ3n) is 1.10. The molecule has 1 aromatic heterocycles. The van der Waals surface area contributed by atoms with Crippen molar-refractivity contribution in [3.8, 4) is 0 Å². The second-order valence-corrected chi connectivity index (χ2v) is 1.77. The van der Waals surface area contributed by atoms with E-state index in [-0.39, 0.29) is 11.5 Å². The molecular weight excluding hydrogens is 135 g/mol. The van der Waals surface area contributed by atoms with E-state index in [2.05, 4.69) is 15.4 Å². The summed E-state index contributed by atoms with van der Waals surface area (Å²) in [5, 5.41) is 0. The molecule has 0 aliphatic heterocycles. The lowest BCUT2D eigenvalue weighted by Crippen LogP contribution is -2.11. The first-order valence-corrected chi connectivity index (χ1v) is 2.69. The second kappa shape index (κ2) is 2.57. The molecule has 1 heterocycles. The molecule has 0 bridgehead atoms. The number of hydrogen-bond donors (Lipinski definition) is 2. The highest BCUT2D eigenvalue weighted by Crippen LogP contribution is 2.08. The summed E-state index contributed by atoms with van der Waals surface area (Å²) in [6.07, 6.45) is 1.24. The van der Waals surface area contributed by atoms with Gasteiger partial charge in [-0.3, -0.25) is 0 Å². The van der Waals surface area contributed by atoms with Crippen LogP contribution in [0.3, 0.4) is 0 Å². The number of hydrazine groups is 1. The van der Waals surface area contributed by atoms with E-state index in [9.17, 15) is 4.39 Å². The van der Waals surface area contributed by atoms with Crippen molar-refractivity contribution in [1.82, 2.24) is 9.97 Å². The molecule has 0 radical (unpaired) electrons. The average Bonchev–Trinajstić information content (AvgIpc) is 1.95. The van der Waals surface area contributed by atoms with Gasteiger partial charge >= 0.3 is 0 Å². The first-order chi connectivity index (χ1) is 4.75. The van der Waals surface area contributed by atoms with Gasteiger partial charge in [-0.25, -0.2) is 20.2 Å². The van der Waals surface area contributed by atoms with Gasteiger partial charge in [-0.05, 0) is 6.92 Å². The first kappa shape index (κ1) is 6.88. The Kier molecular flexibility index (Phi) is 1.77. The van der Waals surface area contributed by atoms with E-state index in [1.54, 1.807) is 0 Å². The molecule has 1 aromatic rings. The van der Waals surface area contributed by atoms with Crippen LogP contribution in [0.1, 0.15) is 5.69 Å².